The number of hydrogen-bond donors (Lipinski definition) is 3. The van der Waals surface area contributed by atoms with Gasteiger partial charge in [-0.25, -0.2) is 0 Å². The molecule has 2 aromatic heterocycles. The van der Waals surface area contributed by atoms with Crippen LogP contribution in [0.5, 0.6) is 0 Å². The number of aromatic nitrogens is 1. The monoisotopic (exact) mass is 648 g/mol. The molecule has 0 aliphatic carbocycles. The smallest absolute Gasteiger partial charge is 0.345 e. The largest absolute Gasteiger partial charge is 0.428 e. The van der Waals surface area contributed by atoms with Gasteiger partial charge in [-0.15, -0.1) is 0 Å². The van der Waals surface area contributed by atoms with Crippen LogP contribution in [0.15, 0.2) is 54.7 Å². The van der Waals surface area contributed by atoms with Crippen LogP contribution in [0.2, 0.25) is 0 Å². The lowest BCUT2D eigenvalue weighted by atomic mass is 9.89. The first-order chi connectivity index (χ1) is 20.1. The highest BCUT2D eigenvalue weighted by Crippen LogP contribution is 2.49. The average Bonchev–Trinajstić information content (AvgIpc) is 3.57. The van der Waals surface area contributed by atoms with Crippen LogP contribution in [0.3, 0.4) is 0 Å². The van der Waals surface area contributed by atoms with E-state index in [2.05, 4.69) is 10.2 Å². The molecular weight excluding hydrogens is 632 g/mol. The maximum Gasteiger partial charge on any atom is 0.428 e. The number of benzene rings is 1. The molecule has 0 saturated carbocycles. The summed E-state index contributed by atoms with van der Waals surface area (Å²) in [5.74, 6) is -2.15. The van der Waals surface area contributed by atoms with E-state index in [-0.39, 0.29) is 41.0 Å². The van der Waals surface area contributed by atoms with Gasteiger partial charge in [0.2, 0.25) is 11.5 Å². The van der Waals surface area contributed by atoms with Gasteiger partial charge >= 0.3 is 24.7 Å². The molecule has 4 rings (SSSR count). The fourth-order valence-corrected chi connectivity index (χ4v) is 4.21. The molecule has 1 aromatic carbocycles. The quantitative estimate of drug-likeness (QED) is 0.299. The Morgan fingerprint density at radius 2 is 1.45 bits per heavy atom. The van der Waals surface area contributed by atoms with Crippen LogP contribution in [-0.4, -0.2) is 41.7 Å². The molecule has 0 spiro atoms. The van der Waals surface area contributed by atoms with Crippen molar-refractivity contribution in [1.29, 1.82) is 0 Å². The molecule has 44 heavy (non-hydrogen) atoms. The Balaban J connectivity index is 1.73. The lowest BCUT2D eigenvalue weighted by Crippen LogP contribution is -2.43. The summed E-state index contributed by atoms with van der Waals surface area (Å²) in [6.45, 7) is -2.52. The molecule has 1 unspecified atom stereocenters. The molecule has 238 valence electrons. The van der Waals surface area contributed by atoms with Crippen LogP contribution < -0.4 is 16.1 Å². The van der Waals surface area contributed by atoms with Gasteiger partial charge in [-0.2, -0.15) is 52.7 Å². The number of nitrogens with one attached hydrogen (secondary N) is 3. The number of halogens is 12. The first kappa shape index (κ1) is 32.5. The standard InChI is InChI=1S/C25H16F12N4O3/c26-22(27,28)11-39-19(42)10-38-20(43)15-3-4-18(41-5-1-2-17(15)41)16-9-21(44-40-16,25(35,36)37)12-6-13(23(29,30)31)8-14(7-12)24(32,33)34/h1-9,40H,10-11H2,(H,38,43)(H,39,42). The molecule has 1 aliphatic heterocycles. The van der Waals surface area contributed by atoms with E-state index in [1.165, 1.54) is 23.6 Å². The Kier molecular flexibility index (Phi) is 8.08. The maximum atomic E-state index is 14.4. The van der Waals surface area contributed by atoms with Crippen molar-refractivity contribution in [2.45, 2.75) is 30.3 Å². The first-order valence-electron chi connectivity index (χ1n) is 11.9. The van der Waals surface area contributed by atoms with Crippen molar-refractivity contribution in [2.24, 2.45) is 0 Å². The molecule has 1 atom stereocenters. The van der Waals surface area contributed by atoms with Crippen molar-refractivity contribution in [3.8, 4) is 0 Å². The van der Waals surface area contributed by atoms with Crippen molar-refractivity contribution in [2.75, 3.05) is 13.1 Å². The number of hydroxylamine groups is 1. The van der Waals surface area contributed by atoms with Gasteiger partial charge in [0, 0.05) is 11.8 Å². The summed E-state index contributed by atoms with van der Waals surface area (Å²) >= 11 is 0. The topological polar surface area (TPSA) is 83.9 Å². The minimum Gasteiger partial charge on any atom is -0.345 e. The number of rotatable bonds is 6. The molecule has 0 radical (unpaired) electrons. The Labute approximate surface area is 237 Å². The van der Waals surface area contributed by atoms with Crippen LogP contribution in [-0.2, 0) is 27.6 Å². The fourth-order valence-electron chi connectivity index (χ4n) is 4.21. The number of carbonyl (C=O) groups excluding carboxylic acids is 2. The van der Waals surface area contributed by atoms with Crippen molar-refractivity contribution in [1.82, 2.24) is 20.5 Å². The number of pyridine rings is 1. The Morgan fingerprint density at radius 1 is 0.841 bits per heavy atom. The highest BCUT2D eigenvalue weighted by Gasteiger charge is 2.60. The Bertz CT molecular complexity index is 1590. The predicted octanol–water partition coefficient (Wildman–Crippen LogP) is 5.72. The summed E-state index contributed by atoms with van der Waals surface area (Å²) in [5, 5.41) is 3.61. The van der Waals surface area contributed by atoms with Crippen LogP contribution in [0, 0.1) is 0 Å². The minimum atomic E-state index is -5.60. The van der Waals surface area contributed by atoms with Gasteiger partial charge in [-0.05, 0) is 48.5 Å². The van der Waals surface area contributed by atoms with Gasteiger partial charge in [-0.3, -0.25) is 19.9 Å². The second-order valence-electron chi connectivity index (χ2n) is 9.26. The normalized spacial score (nSPS) is 17.8. The molecule has 19 heteroatoms. The zero-order valence-corrected chi connectivity index (χ0v) is 21.3. The molecule has 3 N–H and O–H groups in total. The summed E-state index contributed by atoms with van der Waals surface area (Å²) in [6.07, 6.45) is -19.7. The number of alkyl halides is 12. The van der Waals surface area contributed by atoms with E-state index in [4.69, 9.17) is 0 Å². The van der Waals surface area contributed by atoms with E-state index in [0.29, 0.717) is 0 Å². The third-order valence-electron chi connectivity index (χ3n) is 6.22. The van der Waals surface area contributed by atoms with Crippen LogP contribution in [0.4, 0.5) is 52.7 Å². The van der Waals surface area contributed by atoms with Gasteiger partial charge in [0.05, 0.1) is 40.1 Å². The van der Waals surface area contributed by atoms with Gasteiger partial charge < -0.3 is 15.0 Å². The third kappa shape index (κ3) is 6.56. The highest BCUT2D eigenvalue weighted by molar-refractivity contribution is 6.02. The summed E-state index contributed by atoms with van der Waals surface area (Å²) in [4.78, 5) is 28.9. The molecule has 0 saturated heterocycles. The Hall–Kier alpha value is -4.42. The zero-order valence-electron chi connectivity index (χ0n) is 21.3. The number of hydrogen-bond acceptors (Lipinski definition) is 4. The number of fused-ring (bicyclic) bond motifs is 1. The SMILES string of the molecule is O=C(CNC(=O)c1ccc(C2=CC(c3cc(C(F)(F)F)cc(C(F)(F)F)c3)(C(F)(F)F)ON2)n2cccc12)NCC(F)(F)F. The van der Waals surface area contributed by atoms with Crippen molar-refractivity contribution >= 4 is 23.0 Å². The van der Waals surface area contributed by atoms with Gasteiger partial charge in [-0.1, -0.05) is 0 Å². The number of carbonyl (C=O) groups is 2. The summed E-state index contributed by atoms with van der Waals surface area (Å²) < 4.78 is 161. The van der Waals surface area contributed by atoms with Crippen LogP contribution >= 0.6 is 0 Å². The maximum absolute atomic E-state index is 14.4. The molecule has 2 amide bonds. The Morgan fingerprint density at radius 3 is 2.00 bits per heavy atom. The second-order valence-corrected chi connectivity index (χ2v) is 9.26. The van der Waals surface area contributed by atoms with E-state index >= 15 is 0 Å². The average molecular weight is 648 g/mol. The molecular formula is C25H16F12N4O3. The fraction of sp³-hybridized carbons (Fsp3) is 0.280. The molecule has 3 aromatic rings. The van der Waals surface area contributed by atoms with E-state index < -0.39 is 77.6 Å². The molecule has 7 nitrogen and oxygen atoms in total. The van der Waals surface area contributed by atoms with E-state index in [1.807, 2.05) is 5.48 Å². The second kappa shape index (κ2) is 10.9. The van der Waals surface area contributed by atoms with Gasteiger partial charge in [0.15, 0.2) is 0 Å². The third-order valence-corrected chi connectivity index (χ3v) is 6.22. The zero-order chi connectivity index (χ0) is 32.9. The van der Waals surface area contributed by atoms with Crippen molar-refractivity contribution in [3.63, 3.8) is 0 Å². The molecule has 0 bridgehead atoms. The van der Waals surface area contributed by atoms with Crippen molar-refractivity contribution < 1.29 is 67.1 Å². The van der Waals surface area contributed by atoms with Crippen LogP contribution in [0.1, 0.15) is 32.7 Å². The summed E-state index contributed by atoms with van der Waals surface area (Å²) in [6, 6.07) is 4.14. The first-order valence-corrected chi connectivity index (χ1v) is 11.9. The highest BCUT2D eigenvalue weighted by atomic mass is 19.4. The van der Waals surface area contributed by atoms with Crippen LogP contribution in [0.25, 0.3) is 11.2 Å². The number of amides is 2. The van der Waals surface area contributed by atoms with Gasteiger partial charge in [0.25, 0.3) is 5.91 Å². The summed E-state index contributed by atoms with van der Waals surface area (Å²) in [7, 11) is 0. The predicted molar refractivity (Wildman–Crippen MR) is 125 cm³/mol. The lowest BCUT2D eigenvalue weighted by Gasteiger charge is -2.29. The van der Waals surface area contributed by atoms with Crippen molar-refractivity contribution in [3.05, 3.63) is 82.7 Å². The molecule has 1 aliphatic rings. The van der Waals surface area contributed by atoms with E-state index in [1.54, 1.807) is 0 Å². The molecule has 3 heterocycles. The van der Waals surface area contributed by atoms with E-state index in [0.717, 1.165) is 16.5 Å². The van der Waals surface area contributed by atoms with Gasteiger partial charge in [0.1, 0.15) is 6.54 Å². The molecule has 0 fully saturated rings. The number of nitrogens with zero attached hydrogens (tertiary/aromatic N) is 1. The summed E-state index contributed by atoms with van der Waals surface area (Å²) in [5.41, 5.74) is -8.45. The lowest BCUT2D eigenvalue weighted by molar-refractivity contribution is -0.269. The van der Waals surface area contributed by atoms with E-state index in [9.17, 15) is 62.3 Å². The minimum absolute atomic E-state index is 0.0127.